The van der Waals surface area contributed by atoms with Gasteiger partial charge in [-0.25, -0.2) is 9.69 Å². The van der Waals surface area contributed by atoms with Crippen LogP contribution in [-0.4, -0.2) is 82.4 Å². The maximum absolute atomic E-state index is 14.0. The van der Waals surface area contributed by atoms with Crippen LogP contribution < -0.4 is 14.4 Å². The van der Waals surface area contributed by atoms with Crippen LogP contribution in [0.25, 0.3) is 0 Å². The van der Waals surface area contributed by atoms with Gasteiger partial charge in [0.05, 0.1) is 31.6 Å². The molecule has 1 N–H and O–H groups in total. The summed E-state index contributed by atoms with van der Waals surface area (Å²) in [6.45, 7) is 11.8. The van der Waals surface area contributed by atoms with E-state index in [0.29, 0.717) is 37.5 Å². The minimum Gasteiger partial charge on any atom is -0.493 e. The number of anilines is 1. The third-order valence-electron chi connectivity index (χ3n) is 8.08. The molecule has 0 aromatic heterocycles. The zero-order valence-corrected chi connectivity index (χ0v) is 23.9. The first-order valence-corrected chi connectivity index (χ1v) is 15.8. The van der Waals surface area contributed by atoms with Crippen LogP contribution in [0.4, 0.5) is 10.5 Å². The van der Waals surface area contributed by atoms with Crippen LogP contribution in [0.15, 0.2) is 12.1 Å². The summed E-state index contributed by atoms with van der Waals surface area (Å²) >= 11 is 0. The van der Waals surface area contributed by atoms with Gasteiger partial charge in [-0.2, -0.15) is 0 Å². The highest BCUT2D eigenvalue weighted by Crippen LogP contribution is 2.45. The van der Waals surface area contributed by atoms with Crippen molar-refractivity contribution in [2.24, 2.45) is 0 Å². The number of hydrogen-bond donors (Lipinski definition) is 1. The Morgan fingerprint density at radius 2 is 1.78 bits per heavy atom. The van der Waals surface area contributed by atoms with Crippen molar-refractivity contribution < 1.29 is 38.1 Å². The third kappa shape index (κ3) is 5.18. The first-order valence-electron chi connectivity index (χ1n) is 12.9. The zero-order chi connectivity index (χ0) is 27.1. The molecule has 4 atom stereocenters. The van der Waals surface area contributed by atoms with E-state index in [1.807, 2.05) is 0 Å². The van der Waals surface area contributed by atoms with E-state index >= 15 is 0 Å². The van der Waals surface area contributed by atoms with Crippen LogP contribution >= 0.6 is 0 Å². The summed E-state index contributed by atoms with van der Waals surface area (Å²) in [6, 6.07) is 2.43. The van der Waals surface area contributed by atoms with Crippen molar-refractivity contribution in [3.8, 4) is 11.5 Å². The number of rotatable bonds is 6. The van der Waals surface area contributed by atoms with E-state index in [9.17, 15) is 14.7 Å². The van der Waals surface area contributed by atoms with Gasteiger partial charge in [0.2, 0.25) is 0 Å². The summed E-state index contributed by atoms with van der Waals surface area (Å²) in [5.41, 5.74) is 0.408. The van der Waals surface area contributed by atoms with E-state index in [1.165, 1.54) is 20.3 Å². The standard InChI is InChI=1S/C26H40N2O8Si/c1-26(2,3)37(6,7)36-18-11-12-27-22(18)24(35-21-10-8-9-13-34-21)28(25(30)31)17-15-20(33-5)19(32-4)14-16(17)23(27)29/h14-15,18,21-22,24H,8-13H2,1-7H3,(H,30,31)/t18-,21?,22-,24?/m0/s1. The molecule has 1 aromatic carbocycles. The van der Waals surface area contributed by atoms with E-state index in [0.717, 1.165) is 17.7 Å². The van der Waals surface area contributed by atoms with Gasteiger partial charge in [-0.1, -0.05) is 20.8 Å². The van der Waals surface area contributed by atoms with Gasteiger partial charge in [0.25, 0.3) is 5.91 Å². The lowest BCUT2D eigenvalue weighted by molar-refractivity contribution is -0.199. The van der Waals surface area contributed by atoms with Gasteiger partial charge in [-0.15, -0.1) is 0 Å². The number of carbonyl (C=O) groups is 2. The molecule has 0 saturated carbocycles. The lowest BCUT2D eigenvalue weighted by Gasteiger charge is -2.43. The molecule has 4 rings (SSSR count). The molecule has 2 unspecified atom stereocenters. The van der Waals surface area contributed by atoms with Crippen molar-refractivity contribution in [2.75, 3.05) is 32.3 Å². The Morgan fingerprint density at radius 1 is 1.11 bits per heavy atom. The van der Waals surface area contributed by atoms with Crippen LogP contribution in [0.3, 0.4) is 0 Å². The second kappa shape index (κ2) is 10.4. The average Bonchev–Trinajstić information content (AvgIpc) is 3.21. The van der Waals surface area contributed by atoms with E-state index in [4.69, 9.17) is 23.4 Å². The van der Waals surface area contributed by atoms with E-state index in [1.54, 1.807) is 11.0 Å². The number of carboxylic acid groups (broad SMARTS) is 1. The molecule has 37 heavy (non-hydrogen) atoms. The number of methoxy groups -OCH3 is 2. The predicted octanol–water partition coefficient (Wildman–Crippen LogP) is 4.68. The Morgan fingerprint density at radius 3 is 2.35 bits per heavy atom. The molecule has 0 aliphatic carbocycles. The van der Waals surface area contributed by atoms with Crippen molar-refractivity contribution >= 4 is 26.0 Å². The summed E-state index contributed by atoms with van der Waals surface area (Å²) in [5.74, 6) is 0.382. The van der Waals surface area contributed by atoms with E-state index in [2.05, 4.69) is 33.9 Å². The Labute approximate surface area is 219 Å². The van der Waals surface area contributed by atoms with Crippen molar-refractivity contribution in [3.63, 3.8) is 0 Å². The molecule has 206 valence electrons. The first kappa shape index (κ1) is 27.7. The van der Waals surface area contributed by atoms with Gasteiger partial charge in [0, 0.05) is 19.2 Å². The summed E-state index contributed by atoms with van der Waals surface area (Å²) in [4.78, 5) is 29.7. The van der Waals surface area contributed by atoms with Crippen LogP contribution in [0.1, 0.15) is 56.8 Å². The molecular weight excluding hydrogens is 496 g/mol. The molecule has 10 nitrogen and oxygen atoms in total. The summed E-state index contributed by atoms with van der Waals surface area (Å²) in [5, 5.41) is 10.5. The lowest BCUT2D eigenvalue weighted by atomic mass is 10.1. The largest absolute Gasteiger partial charge is 0.493 e. The van der Waals surface area contributed by atoms with E-state index in [-0.39, 0.29) is 22.2 Å². The summed E-state index contributed by atoms with van der Waals surface area (Å²) in [6.07, 6.45) is -0.141. The lowest BCUT2D eigenvalue weighted by Crippen LogP contribution is -2.59. The number of fused-ring (bicyclic) bond motifs is 2. The fourth-order valence-electron chi connectivity index (χ4n) is 5.06. The van der Waals surface area contributed by atoms with Crippen molar-refractivity contribution in [1.29, 1.82) is 0 Å². The quantitative estimate of drug-likeness (QED) is 0.523. The highest BCUT2D eigenvalue weighted by Gasteiger charge is 2.54. The number of carbonyl (C=O) groups excluding carboxylic acids is 1. The van der Waals surface area contributed by atoms with Crippen LogP contribution in [0.2, 0.25) is 18.1 Å². The van der Waals surface area contributed by atoms with Crippen LogP contribution in [-0.2, 0) is 13.9 Å². The second-order valence-electron chi connectivity index (χ2n) is 11.4. The Bertz CT molecular complexity index is 1020. The van der Waals surface area contributed by atoms with Crippen molar-refractivity contribution in [3.05, 3.63) is 17.7 Å². The minimum absolute atomic E-state index is 0.0613. The first-order chi connectivity index (χ1) is 17.4. The normalized spacial score (nSPS) is 26.4. The minimum atomic E-state index is -2.26. The van der Waals surface area contributed by atoms with Gasteiger partial charge in [-0.05, 0) is 49.9 Å². The molecule has 11 heteroatoms. The molecule has 1 aromatic rings. The average molecular weight is 537 g/mol. The monoisotopic (exact) mass is 536 g/mol. The molecule has 3 heterocycles. The molecule has 3 aliphatic heterocycles. The zero-order valence-electron chi connectivity index (χ0n) is 22.9. The summed E-state index contributed by atoms with van der Waals surface area (Å²) < 4.78 is 30.0. The summed E-state index contributed by atoms with van der Waals surface area (Å²) in [7, 11) is 0.696. The Balaban J connectivity index is 1.85. The fraction of sp³-hybridized carbons (Fsp3) is 0.692. The highest BCUT2D eigenvalue weighted by molar-refractivity contribution is 6.74. The van der Waals surface area contributed by atoms with Crippen molar-refractivity contribution in [1.82, 2.24) is 4.90 Å². The van der Waals surface area contributed by atoms with Gasteiger partial charge < -0.3 is 33.4 Å². The van der Waals surface area contributed by atoms with Gasteiger partial charge in [-0.3, -0.25) is 4.79 Å². The number of hydrogen-bond acceptors (Lipinski definition) is 7. The molecule has 2 amide bonds. The van der Waals surface area contributed by atoms with Gasteiger partial charge >= 0.3 is 6.09 Å². The Hall–Kier alpha value is -2.34. The molecular formula is C26H40N2O8Si. The van der Waals surface area contributed by atoms with Gasteiger partial charge in [0.1, 0.15) is 6.04 Å². The van der Waals surface area contributed by atoms with Crippen LogP contribution in [0.5, 0.6) is 11.5 Å². The number of ether oxygens (including phenoxy) is 4. The number of nitrogens with zero attached hydrogens (tertiary/aromatic N) is 2. The SMILES string of the molecule is COc1cc2c(cc1OC)N(C(=O)O)C(OC1CCCCO1)[C@@H]1[C@@H](O[Si](C)(C)C(C)(C)C)CCN1C2=O. The molecule has 3 aliphatic rings. The molecule has 0 spiro atoms. The van der Waals surface area contributed by atoms with Crippen molar-refractivity contribution in [2.45, 2.75) is 89.3 Å². The maximum Gasteiger partial charge on any atom is 0.414 e. The smallest absolute Gasteiger partial charge is 0.414 e. The Kier molecular flexibility index (Phi) is 7.81. The number of benzene rings is 1. The highest BCUT2D eigenvalue weighted by atomic mass is 28.4. The second-order valence-corrected chi connectivity index (χ2v) is 16.2. The molecule has 0 radical (unpaired) electrons. The number of amides is 2. The van der Waals surface area contributed by atoms with Gasteiger partial charge in [0.15, 0.2) is 32.3 Å². The predicted molar refractivity (Wildman–Crippen MR) is 140 cm³/mol. The third-order valence-corrected chi connectivity index (χ3v) is 12.6. The topological polar surface area (TPSA) is 107 Å². The molecule has 0 bridgehead atoms. The maximum atomic E-state index is 14.0. The molecule has 2 saturated heterocycles. The van der Waals surface area contributed by atoms with Crippen LogP contribution in [0, 0.1) is 0 Å². The molecule has 2 fully saturated rings. The fourth-order valence-corrected chi connectivity index (χ4v) is 6.42. The van der Waals surface area contributed by atoms with E-state index < -0.39 is 39.1 Å².